The Hall–Kier alpha value is -4.69. The number of imidazole rings is 1. The van der Waals surface area contributed by atoms with Crippen LogP contribution in [0.4, 0.5) is 0 Å². The Bertz CT molecular complexity index is 1860. The topological polar surface area (TPSA) is 165 Å². The first-order valence-electron chi connectivity index (χ1n) is 12.5. The van der Waals surface area contributed by atoms with Crippen LogP contribution < -0.4 is 5.56 Å². The molecule has 1 amide bonds. The molecule has 41 heavy (non-hydrogen) atoms. The summed E-state index contributed by atoms with van der Waals surface area (Å²) in [4.78, 5) is 51.9. The highest BCUT2D eigenvalue weighted by molar-refractivity contribution is 7.12. The monoisotopic (exact) mass is 591 g/mol. The highest BCUT2D eigenvalue weighted by Gasteiger charge is 2.30. The third kappa shape index (κ3) is 4.80. The number of hydrogen-bond donors (Lipinski definition) is 2. The van der Waals surface area contributed by atoms with E-state index in [1.807, 2.05) is 0 Å². The molecule has 0 aliphatic carbocycles. The molecule has 1 aliphatic rings. The molecule has 2 N–H and O–H groups in total. The van der Waals surface area contributed by atoms with Crippen LogP contribution in [0.5, 0.6) is 0 Å². The lowest BCUT2D eigenvalue weighted by Gasteiger charge is -2.14. The molecule has 0 saturated carbocycles. The van der Waals surface area contributed by atoms with Gasteiger partial charge in [-0.25, -0.2) is 14.8 Å². The minimum Gasteiger partial charge on any atom is -0.477 e. The number of carbonyl (C=O) groups is 2. The Kier molecular flexibility index (Phi) is 6.71. The number of amides is 1. The molecule has 1 aliphatic heterocycles. The van der Waals surface area contributed by atoms with E-state index in [9.17, 15) is 19.5 Å². The molecule has 0 spiro atoms. The molecular formula is C26H22ClN9O4S. The Morgan fingerprint density at radius 1 is 1.24 bits per heavy atom. The van der Waals surface area contributed by atoms with Gasteiger partial charge in [-0.3, -0.25) is 14.2 Å². The third-order valence-electron chi connectivity index (χ3n) is 6.92. The third-order valence-corrected chi connectivity index (χ3v) is 8.17. The lowest BCUT2D eigenvalue weighted by molar-refractivity contribution is -0.127. The number of carbonyl (C=O) groups excluding carboxylic acids is 1. The van der Waals surface area contributed by atoms with E-state index in [0.29, 0.717) is 63.3 Å². The Balaban J connectivity index is 1.36. The molecule has 0 bridgehead atoms. The first-order valence-corrected chi connectivity index (χ1v) is 13.7. The molecule has 1 aromatic carbocycles. The average Bonchev–Trinajstić information content (AvgIpc) is 3.74. The normalized spacial score (nSPS) is 14.3. The number of tetrazole rings is 1. The maximum absolute atomic E-state index is 13.5. The van der Waals surface area contributed by atoms with Crippen LogP contribution >= 0.6 is 22.9 Å². The van der Waals surface area contributed by atoms with Crippen molar-refractivity contribution in [3.05, 3.63) is 79.6 Å². The number of carboxylic acid groups (broad SMARTS) is 1. The van der Waals surface area contributed by atoms with Gasteiger partial charge in [-0.05, 0) is 40.6 Å². The summed E-state index contributed by atoms with van der Waals surface area (Å²) >= 11 is 7.34. The molecule has 6 rings (SSSR count). The van der Waals surface area contributed by atoms with Crippen molar-refractivity contribution in [2.75, 3.05) is 14.1 Å². The average molecular weight is 592 g/mol. The van der Waals surface area contributed by atoms with Crippen molar-refractivity contribution >= 4 is 34.8 Å². The Labute approximate surface area is 241 Å². The van der Waals surface area contributed by atoms with Crippen molar-refractivity contribution < 1.29 is 14.7 Å². The van der Waals surface area contributed by atoms with E-state index < -0.39 is 12.0 Å². The number of aromatic nitrogens is 8. The number of halogens is 1. The van der Waals surface area contributed by atoms with Crippen molar-refractivity contribution in [1.82, 2.24) is 44.6 Å². The SMILES string of the molecule is CN(C)C(=O)Cc1c(-c2cnc([C@@H]3CCc4nc(-c5cc(Cl)ccc5-n5cnnn5)cc(=O)n43)[nH]2)csc1C(=O)O. The number of likely N-dealkylation sites (N-methyl/N-ethyl adjacent to an activating group) is 1. The summed E-state index contributed by atoms with van der Waals surface area (Å²) in [7, 11) is 3.24. The van der Waals surface area contributed by atoms with Crippen LogP contribution in [0.25, 0.3) is 28.2 Å². The molecule has 0 radical (unpaired) electrons. The van der Waals surface area contributed by atoms with Gasteiger partial charge in [-0.15, -0.1) is 16.4 Å². The fourth-order valence-corrected chi connectivity index (χ4v) is 6.04. The minimum absolute atomic E-state index is 0.0591. The quantitative estimate of drug-likeness (QED) is 0.289. The number of aromatic carboxylic acids is 1. The number of thiophene rings is 1. The maximum atomic E-state index is 13.5. The van der Waals surface area contributed by atoms with Crippen molar-refractivity contribution in [2.45, 2.75) is 25.3 Å². The van der Waals surface area contributed by atoms with E-state index in [2.05, 4.69) is 25.5 Å². The molecular weight excluding hydrogens is 570 g/mol. The van der Waals surface area contributed by atoms with Gasteiger partial charge in [0.1, 0.15) is 22.9 Å². The predicted molar refractivity (Wildman–Crippen MR) is 149 cm³/mol. The first-order chi connectivity index (χ1) is 19.7. The number of H-pyrrole nitrogens is 1. The van der Waals surface area contributed by atoms with Crippen molar-refractivity contribution in [3.63, 3.8) is 0 Å². The van der Waals surface area contributed by atoms with E-state index >= 15 is 0 Å². The van der Waals surface area contributed by atoms with Crippen LogP contribution in [-0.4, -0.2) is 75.7 Å². The van der Waals surface area contributed by atoms with Crippen LogP contribution in [0, 0.1) is 0 Å². The summed E-state index contributed by atoms with van der Waals surface area (Å²) in [6.07, 6.45) is 4.11. The van der Waals surface area contributed by atoms with Crippen molar-refractivity contribution in [2.24, 2.45) is 0 Å². The summed E-state index contributed by atoms with van der Waals surface area (Å²) in [5.74, 6) is -0.170. The molecule has 0 fully saturated rings. The van der Waals surface area contributed by atoms with Crippen LogP contribution in [0.3, 0.4) is 0 Å². The number of carboxylic acids is 1. The number of nitrogens with zero attached hydrogens (tertiary/aromatic N) is 8. The highest BCUT2D eigenvalue weighted by Crippen LogP contribution is 2.35. The summed E-state index contributed by atoms with van der Waals surface area (Å²) in [6, 6.07) is 6.24. The predicted octanol–water partition coefficient (Wildman–Crippen LogP) is 2.86. The zero-order valence-electron chi connectivity index (χ0n) is 21.8. The molecule has 0 saturated heterocycles. The maximum Gasteiger partial charge on any atom is 0.346 e. The van der Waals surface area contributed by atoms with Gasteiger partial charge in [0.15, 0.2) is 0 Å². The largest absolute Gasteiger partial charge is 0.477 e. The molecule has 5 heterocycles. The fraction of sp³-hybridized carbons (Fsp3) is 0.231. The van der Waals surface area contributed by atoms with Gasteiger partial charge in [0, 0.05) is 48.1 Å². The summed E-state index contributed by atoms with van der Waals surface area (Å²) < 4.78 is 3.09. The number of benzene rings is 1. The summed E-state index contributed by atoms with van der Waals surface area (Å²) in [5, 5.41) is 23.2. The highest BCUT2D eigenvalue weighted by atomic mass is 35.5. The van der Waals surface area contributed by atoms with E-state index in [1.54, 1.807) is 48.4 Å². The lowest BCUT2D eigenvalue weighted by atomic mass is 10.0. The van der Waals surface area contributed by atoms with Gasteiger partial charge in [-0.2, -0.15) is 4.68 Å². The van der Waals surface area contributed by atoms with Gasteiger partial charge in [0.25, 0.3) is 5.56 Å². The summed E-state index contributed by atoms with van der Waals surface area (Å²) in [6.45, 7) is 0. The molecule has 15 heteroatoms. The van der Waals surface area contributed by atoms with Crippen LogP contribution in [-0.2, 0) is 17.6 Å². The number of aryl methyl sites for hydroxylation is 1. The standard InChI is InChI=1S/C26H22ClN9O4S/c1-34(2)22(37)8-14-16(11-41-24(14)26(39)40)18-10-28-25(31-18)20-5-6-21-30-17(9-23(38)36(20)21)15-7-13(27)3-4-19(15)35-12-29-32-33-35/h3-4,7,9-12,20H,5-6,8H2,1-2H3,(H,28,31)(H,39,40)/t20-/m0/s1. The molecule has 13 nitrogen and oxygen atoms in total. The zero-order chi connectivity index (χ0) is 28.8. The van der Waals surface area contributed by atoms with E-state index in [0.717, 1.165) is 11.3 Å². The van der Waals surface area contributed by atoms with Gasteiger partial charge < -0.3 is 15.0 Å². The number of nitrogens with one attached hydrogen (secondary N) is 1. The molecule has 208 valence electrons. The van der Waals surface area contributed by atoms with E-state index in [-0.39, 0.29) is 22.8 Å². The van der Waals surface area contributed by atoms with Crippen molar-refractivity contribution in [3.8, 4) is 28.2 Å². The smallest absolute Gasteiger partial charge is 0.346 e. The van der Waals surface area contributed by atoms with Gasteiger partial charge in [0.05, 0.1) is 35.7 Å². The fourth-order valence-electron chi connectivity index (χ4n) is 4.94. The summed E-state index contributed by atoms with van der Waals surface area (Å²) in [5.41, 5.74) is 3.02. The van der Waals surface area contributed by atoms with Crippen LogP contribution in [0.2, 0.25) is 5.02 Å². The number of fused-ring (bicyclic) bond motifs is 1. The second-order valence-corrected chi connectivity index (χ2v) is 11.0. The van der Waals surface area contributed by atoms with E-state index in [1.165, 1.54) is 22.0 Å². The number of hydrogen-bond acceptors (Lipinski definition) is 9. The molecule has 4 aromatic heterocycles. The molecule has 0 unspecified atom stereocenters. The van der Waals surface area contributed by atoms with Gasteiger partial charge in [0.2, 0.25) is 5.91 Å². The molecule has 5 aromatic rings. The lowest BCUT2D eigenvalue weighted by Crippen LogP contribution is -2.25. The van der Waals surface area contributed by atoms with Gasteiger partial charge >= 0.3 is 5.97 Å². The first kappa shape index (κ1) is 26.5. The Morgan fingerprint density at radius 3 is 2.80 bits per heavy atom. The van der Waals surface area contributed by atoms with Crippen LogP contribution in [0.15, 0.2) is 47.0 Å². The van der Waals surface area contributed by atoms with Gasteiger partial charge in [-0.1, -0.05) is 11.6 Å². The molecule has 1 atom stereocenters. The van der Waals surface area contributed by atoms with Crippen molar-refractivity contribution in [1.29, 1.82) is 0 Å². The Morgan fingerprint density at radius 2 is 2.07 bits per heavy atom. The number of rotatable bonds is 7. The zero-order valence-corrected chi connectivity index (χ0v) is 23.3. The van der Waals surface area contributed by atoms with Crippen LogP contribution in [0.1, 0.15) is 39.3 Å². The minimum atomic E-state index is -1.09. The second-order valence-electron chi connectivity index (χ2n) is 9.65. The number of aromatic amines is 1. The second kappa shape index (κ2) is 10.4. The van der Waals surface area contributed by atoms with E-state index in [4.69, 9.17) is 16.6 Å².